The van der Waals surface area contributed by atoms with Crippen LogP contribution >= 0.6 is 0 Å². The third-order valence-electron chi connectivity index (χ3n) is 14.4. The Balaban J connectivity index is 1.70. The van der Waals surface area contributed by atoms with E-state index in [2.05, 4.69) is 0 Å². The molecule has 0 aromatic rings. The minimum absolute atomic E-state index is 0.0193. The van der Waals surface area contributed by atoms with Crippen LogP contribution in [0.3, 0.4) is 0 Å². The summed E-state index contributed by atoms with van der Waals surface area (Å²) in [5, 5.41) is 10.5. The van der Waals surface area contributed by atoms with E-state index in [1.165, 1.54) is 27.2 Å². The maximum absolute atomic E-state index is 17.0. The van der Waals surface area contributed by atoms with Crippen molar-refractivity contribution in [3.05, 3.63) is 47.6 Å². The number of aliphatic hydroxyl groups is 1. The number of hydrogen-bond acceptors (Lipinski definition) is 11. The number of aliphatic hydroxyl groups excluding tert-OH is 1. The number of fused-ring (bicyclic) bond motifs is 3. The third-order valence-corrected chi connectivity index (χ3v) is 14.4. The molecule has 3 heterocycles. The monoisotopic (exact) mass is 918 g/mol. The van der Waals surface area contributed by atoms with Crippen molar-refractivity contribution < 1.29 is 61.5 Å². The molecule has 15 atom stereocenters. The lowest BCUT2D eigenvalue weighted by Crippen LogP contribution is -2.59. The summed E-state index contributed by atoms with van der Waals surface area (Å²) in [6.07, 6.45) is 9.15. The number of allylic oxidation sites excluding steroid dienone is 7. The van der Waals surface area contributed by atoms with Gasteiger partial charge in [-0.1, -0.05) is 71.1 Å². The molecule has 1 saturated carbocycles. The fourth-order valence-electron chi connectivity index (χ4n) is 10.1. The van der Waals surface area contributed by atoms with Crippen LogP contribution in [0.1, 0.15) is 126 Å². The number of amides is 1. The molecular formula is C51H77F2NO11. The molecule has 3 unspecified atom stereocenters. The molecule has 2 bridgehead atoms. The quantitative estimate of drug-likeness (QED) is 0.203. The van der Waals surface area contributed by atoms with E-state index < -0.39 is 89.8 Å². The summed E-state index contributed by atoms with van der Waals surface area (Å²) in [4.78, 5) is 71.2. The molecule has 12 nitrogen and oxygen atoms in total. The van der Waals surface area contributed by atoms with E-state index in [1.54, 1.807) is 27.9 Å². The molecular weight excluding hydrogens is 841 g/mol. The number of carbonyl (C=O) groups is 5. The first-order chi connectivity index (χ1) is 30.7. The first-order valence-electron chi connectivity index (χ1n) is 23.9. The highest BCUT2D eigenvalue weighted by molar-refractivity contribution is 6.39. The largest absolute Gasteiger partial charge is 0.460 e. The standard InChI is InChI=1S/C51H77F2NO11/c1-30-16-12-11-13-17-31(2)42(61-8)28-38-21-19-36(7)51(53,65-38)48(58)49(59)54-23-15-14-18-39(54)50(60)64-43(33(4)26-37-20-22-40(55)44(27-37)62-9)29-41(56)32(3)25-34(5)45(52)47(63-10)46(57)35(6)24-30/h11-13,16-17,25,30,33-40,42-45,47,55H,14-15,18-24,26-29H2,1-10H3/t30-,33-,34?,35-,36-,37+,38+,39+,40-,42+,43?,44-,45?,47-,51-/m1/s1. The van der Waals surface area contributed by atoms with Gasteiger partial charge in [0.1, 0.15) is 24.4 Å². The smallest absolute Gasteiger partial charge is 0.329 e. The summed E-state index contributed by atoms with van der Waals surface area (Å²) < 4.78 is 62.1. The topological polar surface area (TPSA) is 155 Å². The van der Waals surface area contributed by atoms with Gasteiger partial charge in [0.2, 0.25) is 0 Å². The number of esters is 1. The molecule has 3 fully saturated rings. The molecule has 65 heavy (non-hydrogen) atoms. The van der Waals surface area contributed by atoms with E-state index in [-0.39, 0.29) is 67.4 Å². The van der Waals surface area contributed by atoms with Gasteiger partial charge in [0, 0.05) is 58.5 Å². The number of ether oxygens (including phenoxy) is 5. The summed E-state index contributed by atoms with van der Waals surface area (Å²) in [5.41, 5.74) is 1.05. The van der Waals surface area contributed by atoms with Crippen molar-refractivity contribution in [3.8, 4) is 0 Å². The van der Waals surface area contributed by atoms with Crippen LogP contribution in [0, 0.1) is 35.5 Å². The Kier molecular flexibility index (Phi) is 20.9. The van der Waals surface area contributed by atoms with E-state index in [1.807, 2.05) is 51.2 Å². The molecule has 4 rings (SSSR count). The molecule has 1 amide bonds. The number of cyclic esters (lactones) is 1. The highest BCUT2D eigenvalue weighted by atomic mass is 19.2. The zero-order valence-corrected chi connectivity index (χ0v) is 40.5. The number of methoxy groups -OCH3 is 3. The molecule has 0 spiro atoms. The zero-order valence-electron chi connectivity index (χ0n) is 40.5. The lowest BCUT2D eigenvalue weighted by Gasteiger charge is -2.41. The van der Waals surface area contributed by atoms with E-state index in [4.69, 9.17) is 23.7 Å². The highest BCUT2D eigenvalue weighted by Crippen LogP contribution is 2.40. The second kappa shape index (κ2) is 25.1. The van der Waals surface area contributed by atoms with E-state index >= 15 is 8.78 Å². The molecule has 366 valence electrons. The Hall–Kier alpha value is -3.43. The number of Topliss-reactive ketones (excluding diaryl/α,β-unsaturated/α-hetero) is 3. The van der Waals surface area contributed by atoms with Crippen molar-refractivity contribution in [2.75, 3.05) is 27.9 Å². The second-order valence-electron chi connectivity index (χ2n) is 19.5. The number of halogens is 2. The maximum atomic E-state index is 17.0. The first kappa shape index (κ1) is 54.2. The van der Waals surface area contributed by atoms with Gasteiger partial charge in [0.25, 0.3) is 17.5 Å². The van der Waals surface area contributed by atoms with Gasteiger partial charge < -0.3 is 33.7 Å². The predicted molar refractivity (Wildman–Crippen MR) is 243 cm³/mol. The van der Waals surface area contributed by atoms with Gasteiger partial charge in [0.15, 0.2) is 11.6 Å². The number of piperidine rings is 1. The molecule has 4 aliphatic rings. The third kappa shape index (κ3) is 14.3. The molecule has 0 aromatic heterocycles. The predicted octanol–water partition coefficient (Wildman–Crippen LogP) is 8.14. The maximum Gasteiger partial charge on any atom is 0.329 e. The number of ketones is 3. The summed E-state index contributed by atoms with van der Waals surface area (Å²) in [6.45, 7) is 12.2. The van der Waals surface area contributed by atoms with Crippen LogP contribution < -0.4 is 0 Å². The Labute approximate surface area is 385 Å². The van der Waals surface area contributed by atoms with Crippen molar-refractivity contribution in [1.29, 1.82) is 0 Å². The van der Waals surface area contributed by atoms with Crippen LogP contribution in [0.15, 0.2) is 47.6 Å². The minimum atomic E-state index is -2.94. The molecule has 3 aliphatic heterocycles. The fraction of sp³-hybridized carbons (Fsp3) is 0.745. The van der Waals surface area contributed by atoms with E-state index in [9.17, 15) is 29.1 Å². The van der Waals surface area contributed by atoms with Crippen molar-refractivity contribution >= 4 is 29.2 Å². The summed E-state index contributed by atoms with van der Waals surface area (Å²) in [5.74, 6) is -9.76. The Morgan fingerprint density at radius 3 is 2.29 bits per heavy atom. The number of rotatable bonds is 6. The molecule has 0 aromatic carbocycles. The van der Waals surface area contributed by atoms with Gasteiger partial charge in [-0.2, -0.15) is 0 Å². The van der Waals surface area contributed by atoms with Gasteiger partial charge >= 0.3 is 5.97 Å². The van der Waals surface area contributed by atoms with Crippen LogP contribution in [0.4, 0.5) is 8.78 Å². The van der Waals surface area contributed by atoms with Gasteiger partial charge in [-0.25, -0.2) is 13.6 Å². The molecule has 2 saturated heterocycles. The summed E-state index contributed by atoms with van der Waals surface area (Å²) in [7, 11) is 4.38. The summed E-state index contributed by atoms with van der Waals surface area (Å²) in [6, 6.07) is -1.21. The van der Waals surface area contributed by atoms with Gasteiger partial charge in [-0.3, -0.25) is 19.2 Å². The van der Waals surface area contributed by atoms with Crippen molar-refractivity contribution in [2.45, 2.75) is 180 Å². The minimum Gasteiger partial charge on any atom is -0.460 e. The van der Waals surface area contributed by atoms with Crippen LogP contribution in [-0.2, 0) is 47.7 Å². The zero-order chi connectivity index (χ0) is 48.2. The van der Waals surface area contributed by atoms with Crippen molar-refractivity contribution in [3.63, 3.8) is 0 Å². The first-order valence-corrected chi connectivity index (χ1v) is 23.9. The number of carbonyl (C=O) groups excluding carboxylic acids is 5. The number of hydrogen-bond donors (Lipinski definition) is 1. The molecule has 0 radical (unpaired) electrons. The normalized spacial score (nSPS) is 37.8. The Morgan fingerprint density at radius 1 is 0.892 bits per heavy atom. The van der Waals surface area contributed by atoms with Crippen LogP contribution in [0.2, 0.25) is 0 Å². The van der Waals surface area contributed by atoms with E-state index in [0.717, 1.165) is 10.5 Å². The van der Waals surface area contributed by atoms with Gasteiger partial charge in [0.05, 0.1) is 24.4 Å². The van der Waals surface area contributed by atoms with Crippen molar-refractivity contribution in [2.24, 2.45) is 35.5 Å². The Morgan fingerprint density at radius 2 is 1.62 bits per heavy atom. The fourth-order valence-corrected chi connectivity index (χ4v) is 10.1. The van der Waals surface area contributed by atoms with Crippen molar-refractivity contribution in [1.82, 2.24) is 4.90 Å². The molecule has 1 aliphatic carbocycles. The van der Waals surface area contributed by atoms with E-state index in [0.29, 0.717) is 51.4 Å². The van der Waals surface area contributed by atoms with Crippen LogP contribution in [0.25, 0.3) is 0 Å². The SMILES string of the molecule is CO[C@H]1C[C@@H]2CC[C@@H](C)[C@@](F)(O2)C(=O)C(=O)N2CCCC[C@H]2C(=O)OC([C@H](C)C[C@@H]2CC[C@@H](O)[C@H](OC)C2)CC(=O)C(C)=CC(C)C(F)[C@@H](OC)C(=O)[C@H](C)C[C@H](C)C=CC=CC=C1C. The lowest BCUT2D eigenvalue weighted by atomic mass is 9.78. The lowest BCUT2D eigenvalue weighted by molar-refractivity contribution is -0.231. The number of alkyl halides is 2. The average molecular weight is 918 g/mol. The van der Waals surface area contributed by atoms with Gasteiger partial charge in [-0.15, -0.1) is 0 Å². The van der Waals surface area contributed by atoms with Crippen LogP contribution in [0.5, 0.6) is 0 Å². The molecule has 1 N–H and O–H groups in total. The van der Waals surface area contributed by atoms with Crippen LogP contribution in [-0.4, -0.2) is 122 Å². The Bertz CT molecular complexity index is 1760. The summed E-state index contributed by atoms with van der Waals surface area (Å²) >= 11 is 0. The number of nitrogens with zero attached hydrogens (tertiary/aromatic N) is 1. The van der Waals surface area contributed by atoms with Gasteiger partial charge in [-0.05, 0) is 107 Å². The second-order valence-corrected chi connectivity index (χ2v) is 19.5. The average Bonchev–Trinajstić information content (AvgIpc) is 3.28. The highest BCUT2D eigenvalue weighted by Gasteiger charge is 2.55. The molecule has 14 heteroatoms.